The molecular formula is C7H7BrN2O. The van der Waals surface area contributed by atoms with Crippen LogP contribution in [0, 0.1) is 0 Å². The molecule has 0 unspecified atom stereocenters. The zero-order valence-corrected chi connectivity index (χ0v) is 7.41. The third-order valence-corrected chi connectivity index (χ3v) is 2.05. The molecule has 2 heterocycles. The number of nitrogens with zero attached hydrogens (tertiary/aromatic N) is 2. The Balaban J connectivity index is 2.18. The molecule has 1 saturated heterocycles. The lowest BCUT2D eigenvalue weighted by atomic mass is 10.1. The van der Waals surface area contributed by atoms with E-state index in [1.165, 1.54) is 0 Å². The van der Waals surface area contributed by atoms with Crippen LogP contribution in [0.15, 0.2) is 16.9 Å². The van der Waals surface area contributed by atoms with E-state index in [1.54, 1.807) is 12.4 Å². The molecule has 0 N–H and O–H groups in total. The van der Waals surface area contributed by atoms with E-state index >= 15 is 0 Å². The lowest BCUT2D eigenvalue weighted by Crippen LogP contribution is -2.26. The van der Waals surface area contributed by atoms with Crippen LogP contribution in [0.2, 0.25) is 0 Å². The zero-order chi connectivity index (χ0) is 7.68. The molecule has 1 fully saturated rings. The number of halogens is 1. The van der Waals surface area contributed by atoms with Crippen molar-refractivity contribution >= 4 is 15.9 Å². The first-order chi connectivity index (χ1) is 5.36. The maximum atomic E-state index is 5.03. The van der Waals surface area contributed by atoms with E-state index in [0.717, 1.165) is 23.5 Å². The highest BCUT2D eigenvalue weighted by atomic mass is 79.9. The molecule has 2 rings (SSSR count). The molecule has 0 amide bonds. The van der Waals surface area contributed by atoms with Gasteiger partial charge in [0, 0.05) is 12.4 Å². The minimum absolute atomic E-state index is 0.420. The first kappa shape index (κ1) is 7.18. The van der Waals surface area contributed by atoms with Gasteiger partial charge in [0.2, 0.25) is 0 Å². The molecule has 0 spiro atoms. The van der Waals surface area contributed by atoms with Gasteiger partial charge in [-0.1, -0.05) is 0 Å². The smallest absolute Gasteiger partial charge is 0.135 e. The molecule has 0 saturated carbocycles. The Morgan fingerprint density at radius 2 is 2.00 bits per heavy atom. The van der Waals surface area contributed by atoms with Crippen LogP contribution in [-0.2, 0) is 4.74 Å². The fraction of sp³-hybridized carbons (Fsp3) is 0.429. The van der Waals surface area contributed by atoms with Gasteiger partial charge in [0.15, 0.2) is 0 Å². The predicted octanol–water partition coefficient (Wildman–Crippen LogP) is 1.35. The van der Waals surface area contributed by atoms with Gasteiger partial charge < -0.3 is 4.74 Å². The fourth-order valence-electron chi connectivity index (χ4n) is 0.918. The highest BCUT2D eigenvalue weighted by Gasteiger charge is 2.22. The summed E-state index contributed by atoms with van der Waals surface area (Å²) in [7, 11) is 0. The molecular weight excluding hydrogens is 208 g/mol. The van der Waals surface area contributed by atoms with E-state index in [4.69, 9.17) is 4.74 Å². The molecule has 0 aliphatic carbocycles. The van der Waals surface area contributed by atoms with Crippen molar-refractivity contribution in [3.63, 3.8) is 0 Å². The van der Waals surface area contributed by atoms with Gasteiger partial charge in [0.25, 0.3) is 0 Å². The highest BCUT2D eigenvalue weighted by molar-refractivity contribution is 9.10. The van der Waals surface area contributed by atoms with E-state index in [1.807, 2.05) is 0 Å². The van der Waals surface area contributed by atoms with Gasteiger partial charge >= 0.3 is 0 Å². The third kappa shape index (κ3) is 1.41. The van der Waals surface area contributed by atoms with Crippen LogP contribution in [-0.4, -0.2) is 23.2 Å². The largest absolute Gasteiger partial charge is 0.380 e. The molecule has 0 bridgehead atoms. The number of aromatic nitrogens is 2. The molecule has 3 nitrogen and oxygen atoms in total. The second-order valence-electron chi connectivity index (χ2n) is 2.49. The van der Waals surface area contributed by atoms with Crippen molar-refractivity contribution in [3.05, 3.63) is 22.7 Å². The predicted molar refractivity (Wildman–Crippen MR) is 43.3 cm³/mol. The van der Waals surface area contributed by atoms with Gasteiger partial charge in [0.05, 0.1) is 23.6 Å². The van der Waals surface area contributed by atoms with Gasteiger partial charge in [-0.05, 0) is 15.9 Å². The molecule has 0 radical (unpaired) electrons. The summed E-state index contributed by atoms with van der Waals surface area (Å²) in [6.45, 7) is 1.53. The lowest BCUT2D eigenvalue weighted by molar-refractivity contribution is 0.00483. The van der Waals surface area contributed by atoms with E-state index in [9.17, 15) is 0 Å². The molecule has 1 aromatic rings. The Kier molecular flexibility index (Phi) is 1.87. The monoisotopic (exact) mass is 214 g/mol. The van der Waals surface area contributed by atoms with Gasteiger partial charge in [0.1, 0.15) is 5.82 Å². The van der Waals surface area contributed by atoms with Crippen molar-refractivity contribution in [2.45, 2.75) is 5.92 Å². The van der Waals surface area contributed by atoms with Crippen molar-refractivity contribution in [3.8, 4) is 0 Å². The summed E-state index contributed by atoms with van der Waals surface area (Å²) in [4.78, 5) is 8.32. The maximum absolute atomic E-state index is 5.03. The molecule has 0 atom stereocenters. The van der Waals surface area contributed by atoms with E-state index in [0.29, 0.717) is 5.92 Å². The van der Waals surface area contributed by atoms with Crippen molar-refractivity contribution in [1.29, 1.82) is 0 Å². The summed E-state index contributed by atoms with van der Waals surface area (Å²) in [6, 6.07) is 0. The fourth-order valence-corrected chi connectivity index (χ4v) is 1.12. The average molecular weight is 215 g/mol. The maximum Gasteiger partial charge on any atom is 0.135 e. The lowest BCUT2D eigenvalue weighted by Gasteiger charge is -2.23. The standard InChI is InChI=1S/C7H7BrN2O/c8-6-1-9-7(10-2-6)5-3-11-4-5/h1-2,5H,3-4H2. The van der Waals surface area contributed by atoms with Crippen molar-refractivity contribution < 1.29 is 4.74 Å². The first-order valence-electron chi connectivity index (χ1n) is 3.41. The second kappa shape index (κ2) is 2.87. The Bertz CT molecular complexity index is 245. The normalized spacial score (nSPS) is 17.9. The quantitative estimate of drug-likeness (QED) is 0.709. The number of hydrogen-bond acceptors (Lipinski definition) is 3. The SMILES string of the molecule is Brc1cnc(C2COC2)nc1. The van der Waals surface area contributed by atoms with E-state index in [-0.39, 0.29) is 0 Å². The highest BCUT2D eigenvalue weighted by Crippen LogP contribution is 2.20. The van der Waals surface area contributed by atoms with Gasteiger partial charge in [-0.25, -0.2) is 9.97 Å². The molecule has 1 aliphatic rings. The minimum atomic E-state index is 0.420. The number of rotatable bonds is 1. The Hall–Kier alpha value is -0.480. The Labute approximate surface area is 72.9 Å². The first-order valence-corrected chi connectivity index (χ1v) is 4.21. The van der Waals surface area contributed by atoms with Gasteiger partial charge in [-0.3, -0.25) is 0 Å². The molecule has 1 aromatic heterocycles. The van der Waals surface area contributed by atoms with Crippen molar-refractivity contribution in [1.82, 2.24) is 9.97 Å². The second-order valence-corrected chi connectivity index (χ2v) is 3.41. The van der Waals surface area contributed by atoms with Gasteiger partial charge in [-0.2, -0.15) is 0 Å². The van der Waals surface area contributed by atoms with Crippen LogP contribution < -0.4 is 0 Å². The van der Waals surface area contributed by atoms with Crippen molar-refractivity contribution in [2.24, 2.45) is 0 Å². The molecule has 0 aromatic carbocycles. The van der Waals surface area contributed by atoms with Crippen LogP contribution in [0.5, 0.6) is 0 Å². The van der Waals surface area contributed by atoms with Crippen LogP contribution in [0.3, 0.4) is 0 Å². The van der Waals surface area contributed by atoms with E-state index < -0.39 is 0 Å². The van der Waals surface area contributed by atoms with Crippen LogP contribution in [0.1, 0.15) is 11.7 Å². The van der Waals surface area contributed by atoms with Crippen LogP contribution in [0.25, 0.3) is 0 Å². The summed E-state index contributed by atoms with van der Waals surface area (Å²) in [5.74, 6) is 1.31. The minimum Gasteiger partial charge on any atom is -0.380 e. The topological polar surface area (TPSA) is 35.0 Å². The molecule has 1 aliphatic heterocycles. The van der Waals surface area contributed by atoms with Crippen LogP contribution >= 0.6 is 15.9 Å². The van der Waals surface area contributed by atoms with Gasteiger partial charge in [-0.15, -0.1) is 0 Å². The van der Waals surface area contributed by atoms with E-state index in [2.05, 4.69) is 25.9 Å². The number of hydrogen-bond donors (Lipinski definition) is 0. The molecule has 58 valence electrons. The summed E-state index contributed by atoms with van der Waals surface area (Å²) in [5.41, 5.74) is 0. The third-order valence-electron chi connectivity index (χ3n) is 1.64. The Morgan fingerprint density at radius 1 is 1.36 bits per heavy atom. The molecule has 11 heavy (non-hydrogen) atoms. The summed E-state index contributed by atoms with van der Waals surface area (Å²) < 4.78 is 5.95. The average Bonchev–Trinajstić information content (AvgIpc) is 1.90. The van der Waals surface area contributed by atoms with Crippen LogP contribution in [0.4, 0.5) is 0 Å². The summed E-state index contributed by atoms with van der Waals surface area (Å²) >= 11 is 3.28. The van der Waals surface area contributed by atoms with Crippen molar-refractivity contribution in [2.75, 3.05) is 13.2 Å². The molecule has 4 heteroatoms. The summed E-state index contributed by atoms with van der Waals surface area (Å²) in [6.07, 6.45) is 3.53. The zero-order valence-electron chi connectivity index (χ0n) is 5.83. The number of ether oxygens (including phenoxy) is 1. The Morgan fingerprint density at radius 3 is 2.45 bits per heavy atom. The summed E-state index contributed by atoms with van der Waals surface area (Å²) in [5, 5.41) is 0.